The highest BCUT2D eigenvalue weighted by atomic mass is 35.5. The second-order valence-corrected chi connectivity index (χ2v) is 6.97. The van der Waals surface area contributed by atoms with Crippen molar-refractivity contribution in [2.24, 2.45) is 0 Å². The van der Waals surface area contributed by atoms with Gasteiger partial charge in [-0.15, -0.1) is 22.9 Å². The number of alkyl halides is 1. The van der Waals surface area contributed by atoms with Crippen LogP contribution in [0.2, 0.25) is 0 Å². The fourth-order valence-corrected chi connectivity index (χ4v) is 4.51. The van der Waals surface area contributed by atoms with E-state index in [9.17, 15) is 0 Å². The lowest BCUT2D eigenvalue weighted by molar-refractivity contribution is 0.719. The molecular formula is C12H16ClN3S2. The number of nitrogens with zero attached hydrogens (tertiary/aromatic N) is 3. The van der Waals surface area contributed by atoms with E-state index in [-0.39, 0.29) is 0 Å². The lowest BCUT2D eigenvalue weighted by atomic mass is 10.3. The molecule has 0 amide bonds. The molecule has 0 aromatic carbocycles. The van der Waals surface area contributed by atoms with Crippen molar-refractivity contribution in [3.05, 3.63) is 17.3 Å². The number of thioether (sulfide) groups is 1. The Balaban J connectivity index is 1.95. The predicted octanol–water partition coefficient (Wildman–Crippen LogP) is 3.47. The molecule has 18 heavy (non-hydrogen) atoms. The Morgan fingerprint density at radius 3 is 3.22 bits per heavy atom. The van der Waals surface area contributed by atoms with Crippen LogP contribution in [0.15, 0.2) is 11.6 Å². The first-order chi connectivity index (χ1) is 8.83. The third-order valence-corrected chi connectivity index (χ3v) is 5.74. The Morgan fingerprint density at radius 1 is 1.56 bits per heavy atom. The third-order valence-electron chi connectivity index (χ3n) is 3.36. The van der Waals surface area contributed by atoms with Gasteiger partial charge in [0.25, 0.3) is 0 Å². The summed E-state index contributed by atoms with van der Waals surface area (Å²) in [5.41, 5.74) is 1.13. The van der Waals surface area contributed by atoms with Crippen LogP contribution >= 0.6 is 34.7 Å². The fourth-order valence-electron chi connectivity index (χ4n) is 2.36. The molecule has 0 spiro atoms. The Morgan fingerprint density at radius 2 is 2.44 bits per heavy atom. The molecule has 1 unspecified atom stereocenters. The number of imidazole rings is 1. The van der Waals surface area contributed by atoms with E-state index < -0.39 is 0 Å². The molecule has 1 saturated heterocycles. The number of halogens is 1. The highest BCUT2D eigenvalue weighted by molar-refractivity contribution is 8.00. The molecule has 0 radical (unpaired) electrons. The summed E-state index contributed by atoms with van der Waals surface area (Å²) in [6, 6.07) is 0. The van der Waals surface area contributed by atoms with Crippen LogP contribution in [0.4, 0.5) is 5.82 Å². The summed E-state index contributed by atoms with van der Waals surface area (Å²) < 4.78 is 2.12. The molecule has 1 aliphatic rings. The molecule has 6 heteroatoms. The number of hydrogen-bond acceptors (Lipinski definition) is 4. The summed E-state index contributed by atoms with van der Waals surface area (Å²) in [5.74, 6) is 2.80. The Labute approximate surface area is 120 Å². The number of hydrogen-bond donors (Lipinski definition) is 0. The van der Waals surface area contributed by atoms with Crippen molar-refractivity contribution in [2.75, 3.05) is 23.7 Å². The van der Waals surface area contributed by atoms with E-state index in [0.29, 0.717) is 5.88 Å². The average Bonchev–Trinajstić information content (AvgIpc) is 2.98. The van der Waals surface area contributed by atoms with Crippen molar-refractivity contribution < 1.29 is 0 Å². The van der Waals surface area contributed by atoms with Crippen LogP contribution < -0.4 is 4.90 Å². The first-order valence-corrected chi connectivity index (χ1v) is 8.66. The zero-order valence-corrected chi connectivity index (χ0v) is 12.7. The fraction of sp³-hybridized carbons (Fsp3) is 0.583. The predicted molar refractivity (Wildman–Crippen MR) is 81.4 cm³/mol. The summed E-state index contributed by atoms with van der Waals surface area (Å²) in [6.45, 7) is 4.43. The van der Waals surface area contributed by atoms with Crippen LogP contribution in [-0.2, 0) is 5.88 Å². The van der Waals surface area contributed by atoms with Crippen LogP contribution in [0, 0.1) is 0 Å². The normalized spacial score (nSPS) is 20.8. The maximum atomic E-state index is 6.11. The molecule has 2 aromatic heterocycles. The highest BCUT2D eigenvalue weighted by Gasteiger charge is 2.24. The van der Waals surface area contributed by atoms with Crippen molar-refractivity contribution >= 4 is 45.5 Å². The summed E-state index contributed by atoms with van der Waals surface area (Å²) in [6.07, 6.45) is 3.28. The van der Waals surface area contributed by atoms with Gasteiger partial charge in [0.2, 0.25) is 0 Å². The zero-order chi connectivity index (χ0) is 12.5. The standard InChI is InChI=1S/C12H16ClN3S2/c1-2-9-8-15(3-5-17-9)11-10(7-13)16-4-6-18-12(16)14-11/h4,6,9H,2-3,5,7-8H2,1H3. The lowest BCUT2D eigenvalue weighted by Crippen LogP contribution is -2.38. The summed E-state index contributed by atoms with van der Waals surface area (Å²) in [4.78, 5) is 8.20. The van der Waals surface area contributed by atoms with Crippen molar-refractivity contribution in [1.29, 1.82) is 0 Å². The molecule has 1 atom stereocenters. The highest BCUT2D eigenvalue weighted by Crippen LogP contribution is 2.30. The van der Waals surface area contributed by atoms with Crippen molar-refractivity contribution in [2.45, 2.75) is 24.5 Å². The molecule has 3 heterocycles. The topological polar surface area (TPSA) is 20.5 Å². The maximum absolute atomic E-state index is 6.11. The van der Waals surface area contributed by atoms with Gasteiger partial charge in [-0.2, -0.15) is 11.8 Å². The molecule has 3 rings (SSSR count). The van der Waals surface area contributed by atoms with Gasteiger partial charge in [0.05, 0.1) is 11.6 Å². The van der Waals surface area contributed by atoms with E-state index in [4.69, 9.17) is 16.6 Å². The van der Waals surface area contributed by atoms with Crippen LogP contribution in [0.1, 0.15) is 19.0 Å². The molecule has 0 N–H and O–H groups in total. The molecular weight excluding hydrogens is 286 g/mol. The molecule has 98 valence electrons. The van der Waals surface area contributed by atoms with Gasteiger partial charge in [0.1, 0.15) is 0 Å². The quantitative estimate of drug-likeness (QED) is 0.810. The Kier molecular flexibility index (Phi) is 3.73. The van der Waals surface area contributed by atoms with Crippen LogP contribution in [0.25, 0.3) is 4.96 Å². The van der Waals surface area contributed by atoms with Crippen LogP contribution in [0.5, 0.6) is 0 Å². The molecule has 2 aromatic rings. The molecule has 0 aliphatic carbocycles. The molecule has 0 bridgehead atoms. The van der Waals surface area contributed by atoms with Crippen molar-refractivity contribution in [3.8, 4) is 0 Å². The number of fused-ring (bicyclic) bond motifs is 1. The zero-order valence-electron chi connectivity index (χ0n) is 10.3. The Hall–Kier alpha value is -0.390. The van der Waals surface area contributed by atoms with Gasteiger partial charge in [-0.1, -0.05) is 6.92 Å². The first kappa shape index (κ1) is 12.6. The van der Waals surface area contributed by atoms with Gasteiger partial charge < -0.3 is 4.90 Å². The van der Waals surface area contributed by atoms with Gasteiger partial charge in [-0.05, 0) is 6.42 Å². The minimum absolute atomic E-state index is 0.521. The van der Waals surface area contributed by atoms with Gasteiger partial charge in [0.15, 0.2) is 10.8 Å². The molecule has 0 saturated carbocycles. The van der Waals surface area contributed by atoms with Gasteiger partial charge in [-0.3, -0.25) is 4.40 Å². The van der Waals surface area contributed by atoms with Gasteiger partial charge >= 0.3 is 0 Å². The summed E-state index contributed by atoms with van der Waals surface area (Å²) in [5, 5.41) is 2.78. The van der Waals surface area contributed by atoms with Crippen LogP contribution in [-0.4, -0.2) is 33.5 Å². The van der Waals surface area contributed by atoms with E-state index in [0.717, 1.165) is 34.8 Å². The van der Waals surface area contributed by atoms with E-state index in [2.05, 4.69) is 39.6 Å². The number of anilines is 1. The first-order valence-electron chi connectivity index (χ1n) is 6.20. The SMILES string of the molecule is CCC1CN(c2nc3sccn3c2CCl)CCS1. The minimum Gasteiger partial charge on any atom is -0.353 e. The lowest BCUT2D eigenvalue weighted by Gasteiger charge is -2.32. The summed E-state index contributed by atoms with van der Waals surface area (Å²) >= 11 is 9.86. The van der Waals surface area contributed by atoms with E-state index >= 15 is 0 Å². The van der Waals surface area contributed by atoms with Gasteiger partial charge in [-0.25, -0.2) is 4.98 Å². The largest absolute Gasteiger partial charge is 0.353 e. The molecule has 3 nitrogen and oxygen atoms in total. The number of aromatic nitrogens is 2. The van der Waals surface area contributed by atoms with Crippen LogP contribution in [0.3, 0.4) is 0 Å². The van der Waals surface area contributed by atoms with Crippen molar-refractivity contribution in [3.63, 3.8) is 0 Å². The smallest absolute Gasteiger partial charge is 0.195 e. The van der Waals surface area contributed by atoms with E-state index in [1.807, 2.05) is 0 Å². The molecule has 1 aliphatic heterocycles. The average molecular weight is 302 g/mol. The molecule has 1 fully saturated rings. The van der Waals surface area contributed by atoms with E-state index in [1.54, 1.807) is 11.3 Å². The minimum atomic E-state index is 0.521. The van der Waals surface area contributed by atoms with Gasteiger partial charge in [0, 0.05) is 35.7 Å². The van der Waals surface area contributed by atoms with Crippen molar-refractivity contribution in [1.82, 2.24) is 9.38 Å². The number of rotatable bonds is 3. The maximum Gasteiger partial charge on any atom is 0.195 e. The summed E-state index contributed by atoms with van der Waals surface area (Å²) in [7, 11) is 0. The third kappa shape index (κ3) is 2.12. The number of thiazole rings is 1. The van der Waals surface area contributed by atoms with E-state index in [1.165, 1.54) is 12.2 Å². The Bertz CT molecular complexity index is 536. The second kappa shape index (κ2) is 5.31. The monoisotopic (exact) mass is 301 g/mol. The second-order valence-electron chi connectivity index (χ2n) is 4.42.